The summed E-state index contributed by atoms with van der Waals surface area (Å²) in [6, 6.07) is 12.6. The summed E-state index contributed by atoms with van der Waals surface area (Å²) in [4.78, 5) is 38.1. The second kappa shape index (κ2) is 8.01. The third kappa shape index (κ3) is 4.40. The van der Waals surface area contributed by atoms with Crippen molar-refractivity contribution in [1.29, 1.82) is 0 Å². The van der Waals surface area contributed by atoms with Crippen molar-refractivity contribution in [3.8, 4) is 0 Å². The Morgan fingerprint density at radius 1 is 1.19 bits per heavy atom. The molecule has 0 radical (unpaired) electrons. The minimum Gasteiger partial charge on any atom is -0.454 e. The molecule has 0 aliphatic carbocycles. The predicted octanol–water partition coefficient (Wildman–Crippen LogP) is 2.45. The van der Waals surface area contributed by atoms with E-state index in [0.717, 1.165) is 11.0 Å². The van der Waals surface area contributed by atoms with Crippen LogP contribution in [0.2, 0.25) is 0 Å². The lowest BCUT2D eigenvalue weighted by Crippen LogP contribution is -2.40. The Kier molecular flexibility index (Phi) is 5.52. The molecule has 6 nitrogen and oxygen atoms in total. The minimum absolute atomic E-state index is 0.199. The van der Waals surface area contributed by atoms with Crippen LogP contribution < -0.4 is 10.2 Å². The zero-order valence-electron chi connectivity index (χ0n) is 13.6. The van der Waals surface area contributed by atoms with Crippen molar-refractivity contribution in [3.63, 3.8) is 0 Å². The van der Waals surface area contributed by atoms with E-state index in [2.05, 4.69) is 5.32 Å². The smallest absolute Gasteiger partial charge is 0.326 e. The molecule has 3 rings (SSSR count). The Labute approximate surface area is 153 Å². The van der Waals surface area contributed by atoms with Crippen LogP contribution in [-0.4, -0.2) is 36.7 Å². The molecule has 1 heterocycles. The normalized spacial score (nSPS) is 13.1. The van der Waals surface area contributed by atoms with E-state index >= 15 is 0 Å². The average Bonchev–Trinajstić information content (AvgIpc) is 2.62. The molecule has 0 spiro atoms. The first kappa shape index (κ1) is 17.9. The van der Waals surface area contributed by atoms with Crippen molar-refractivity contribution in [2.75, 3.05) is 29.1 Å². The van der Waals surface area contributed by atoms with E-state index in [9.17, 15) is 18.8 Å². The zero-order chi connectivity index (χ0) is 18.5. The van der Waals surface area contributed by atoms with Gasteiger partial charge in [-0.3, -0.25) is 19.3 Å². The van der Waals surface area contributed by atoms with Crippen molar-refractivity contribution in [1.82, 2.24) is 0 Å². The van der Waals surface area contributed by atoms with Gasteiger partial charge in [-0.2, -0.15) is 0 Å². The molecule has 0 saturated heterocycles. The number of rotatable bonds is 5. The van der Waals surface area contributed by atoms with Gasteiger partial charge in [0.2, 0.25) is 5.91 Å². The molecule has 0 unspecified atom stereocenters. The maximum atomic E-state index is 13.1. The van der Waals surface area contributed by atoms with E-state index in [0.29, 0.717) is 5.69 Å². The van der Waals surface area contributed by atoms with Gasteiger partial charge in [-0.05, 0) is 30.3 Å². The van der Waals surface area contributed by atoms with E-state index in [4.69, 9.17) is 4.74 Å². The largest absolute Gasteiger partial charge is 0.454 e. The van der Waals surface area contributed by atoms with Gasteiger partial charge in [-0.15, -0.1) is 11.8 Å². The molecule has 1 aliphatic heterocycles. The number of benzene rings is 2. The molecule has 2 amide bonds. The van der Waals surface area contributed by atoms with Gasteiger partial charge in [-0.25, -0.2) is 4.39 Å². The molecule has 0 atom stereocenters. The first-order chi connectivity index (χ1) is 12.5. The zero-order valence-corrected chi connectivity index (χ0v) is 14.4. The van der Waals surface area contributed by atoms with Crippen molar-refractivity contribution in [2.24, 2.45) is 0 Å². The molecule has 8 heteroatoms. The van der Waals surface area contributed by atoms with Crippen LogP contribution in [0.25, 0.3) is 0 Å². The summed E-state index contributed by atoms with van der Waals surface area (Å²) >= 11 is 1.41. The number of nitrogens with zero attached hydrogens (tertiary/aromatic N) is 1. The lowest BCUT2D eigenvalue weighted by molar-refractivity contribution is -0.146. The number of ether oxygens (including phenoxy) is 1. The molecule has 2 aromatic rings. The molecule has 0 fully saturated rings. The van der Waals surface area contributed by atoms with Crippen LogP contribution in [0.3, 0.4) is 0 Å². The van der Waals surface area contributed by atoms with Crippen molar-refractivity contribution >= 4 is 40.9 Å². The van der Waals surface area contributed by atoms with Gasteiger partial charge in [0.25, 0.3) is 5.91 Å². The molecular formula is C18H15FN2O4S. The highest BCUT2D eigenvalue weighted by molar-refractivity contribution is 8.00. The lowest BCUT2D eigenvalue weighted by Gasteiger charge is -2.27. The third-order valence-electron chi connectivity index (χ3n) is 3.57. The van der Waals surface area contributed by atoms with Crippen LogP contribution in [0.5, 0.6) is 0 Å². The quantitative estimate of drug-likeness (QED) is 0.814. The molecular weight excluding hydrogens is 359 g/mol. The third-order valence-corrected chi connectivity index (χ3v) is 4.62. The number of halogens is 1. The number of hydrogen-bond acceptors (Lipinski definition) is 5. The van der Waals surface area contributed by atoms with Crippen molar-refractivity contribution in [2.45, 2.75) is 4.90 Å². The van der Waals surface area contributed by atoms with Crippen LogP contribution in [0.15, 0.2) is 53.4 Å². The summed E-state index contributed by atoms with van der Waals surface area (Å²) in [5, 5.41) is 2.43. The van der Waals surface area contributed by atoms with Crippen LogP contribution in [0, 0.1) is 5.82 Å². The Balaban J connectivity index is 1.54. The SMILES string of the molecule is O=C(COC(=O)CN1C(=O)CSc2ccccc21)Nc1cccc(F)c1. The maximum absolute atomic E-state index is 13.1. The number of carbonyl (C=O) groups excluding carboxylic acids is 3. The van der Waals surface area contributed by atoms with Crippen molar-refractivity contribution in [3.05, 3.63) is 54.3 Å². The molecule has 1 aliphatic rings. The number of amides is 2. The number of esters is 1. The highest BCUT2D eigenvalue weighted by atomic mass is 32.2. The molecule has 0 saturated carbocycles. The molecule has 1 N–H and O–H groups in total. The molecule has 2 aromatic carbocycles. The molecule has 0 aromatic heterocycles. The average molecular weight is 374 g/mol. The minimum atomic E-state index is -0.700. The summed E-state index contributed by atoms with van der Waals surface area (Å²) in [7, 11) is 0. The number of hydrogen-bond donors (Lipinski definition) is 1. The summed E-state index contributed by atoms with van der Waals surface area (Å²) in [5.74, 6) is -1.74. The molecule has 134 valence electrons. The van der Waals surface area contributed by atoms with Gasteiger partial charge in [-0.1, -0.05) is 18.2 Å². The lowest BCUT2D eigenvalue weighted by atomic mass is 10.2. The standard InChI is InChI=1S/C18H15FN2O4S/c19-12-4-3-5-13(8-12)20-16(22)10-25-18(24)9-21-14-6-1-2-7-15(14)26-11-17(21)23/h1-8H,9-11H2,(H,20,22). The van der Waals surface area contributed by atoms with Gasteiger partial charge >= 0.3 is 5.97 Å². The fraction of sp³-hybridized carbons (Fsp3) is 0.167. The van der Waals surface area contributed by atoms with E-state index in [1.165, 1.54) is 34.9 Å². The van der Waals surface area contributed by atoms with Crippen LogP contribution in [0.4, 0.5) is 15.8 Å². The molecule has 0 bridgehead atoms. The first-order valence-electron chi connectivity index (χ1n) is 7.76. The summed E-state index contributed by atoms with van der Waals surface area (Å²) in [6.07, 6.45) is 0. The Morgan fingerprint density at radius 2 is 2.00 bits per heavy atom. The van der Waals surface area contributed by atoms with E-state index < -0.39 is 24.3 Å². The monoisotopic (exact) mass is 374 g/mol. The topological polar surface area (TPSA) is 75.7 Å². The van der Waals surface area contributed by atoms with Crippen molar-refractivity contribution < 1.29 is 23.5 Å². The number of thioether (sulfide) groups is 1. The van der Waals surface area contributed by atoms with E-state index in [-0.39, 0.29) is 23.9 Å². The van der Waals surface area contributed by atoms with Crippen LogP contribution in [0.1, 0.15) is 0 Å². The number of fused-ring (bicyclic) bond motifs is 1. The number of nitrogens with one attached hydrogen (secondary N) is 1. The van der Waals surface area contributed by atoms with Gasteiger partial charge in [0.1, 0.15) is 12.4 Å². The second-order valence-corrected chi connectivity index (χ2v) is 6.47. The second-order valence-electron chi connectivity index (χ2n) is 5.46. The van der Waals surface area contributed by atoms with Crippen LogP contribution in [-0.2, 0) is 19.1 Å². The van der Waals surface area contributed by atoms with E-state index in [1.54, 1.807) is 12.1 Å². The molecule has 26 heavy (non-hydrogen) atoms. The van der Waals surface area contributed by atoms with Gasteiger partial charge in [0, 0.05) is 10.6 Å². The summed E-state index contributed by atoms with van der Waals surface area (Å²) < 4.78 is 18.0. The number of anilines is 2. The summed E-state index contributed by atoms with van der Waals surface area (Å²) in [5.41, 5.74) is 0.915. The Bertz CT molecular complexity index is 859. The van der Waals surface area contributed by atoms with Crippen LogP contribution >= 0.6 is 11.8 Å². The predicted molar refractivity (Wildman–Crippen MR) is 95.5 cm³/mol. The Hall–Kier alpha value is -2.87. The Morgan fingerprint density at radius 3 is 2.81 bits per heavy atom. The maximum Gasteiger partial charge on any atom is 0.326 e. The highest BCUT2D eigenvalue weighted by Gasteiger charge is 2.26. The fourth-order valence-electron chi connectivity index (χ4n) is 2.41. The number of para-hydroxylation sites is 1. The highest BCUT2D eigenvalue weighted by Crippen LogP contribution is 2.34. The van der Waals surface area contributed by atoms with E-state index in [1.807, 2.05) is 12.1 Å². The van der Waals surface area contributed by atoms with Gasteiger partial charge in [0.15, 0.2) is 6.61 Å². The van der Waals surface area contributed by atoms with Gasteiger partial charge in [0.05, 0.1) is 11.4 Å². The fourth-order valence-corrected chi connectivity index (χ4v) is 3.35. The number of carbonyl (C=O) groups is 3. The summed E-state index contributed by atoms with van der Waals surface area (Å²) in [6.45, 7) is -0.794. The van der Waals surface area contributed by atoms with Gasteiger partial charge < -0.3 is 10.1 Å². The first-order valence-corrected chi connectivity index (χ1v) is 8.75.